The monoisotopic (exact) mass is 467 g/mol. The predicted octanol–water partition coefficient (Wildman–Crippen LogP) is 9.38. The Bertz CT molecular complexity index is 1050. The molecular weight excluding hydrogens is 429 g/mol. The van der Waals surface area contributed by atoms with Crippen LogP contribution in [0, 0.1) is 17.2 Å². The predicted molar refractivity (Wildman–Crippen MR) is 150 cm³/mol. The van der Waals surface area contributed by atoms with Crippen LogP contribution in [-0.2, 0) is 6.42 Å². The van der Waals surface area contributed by atoms with E-state index in [1.54, 1.807) is 0 Å². The highest BCUT2D eigenvalue weighted by Crippen LogP contribution is 2.28. The van der Waals surface area contributed by atoms with Crippen LogP contribution >= 0.6 is 8.58 Å². The Labute approximate surface area is 208 Å². The van der Waals surface area contributed by atoms with E-state index in [2.05, 4.69) is 68.6 Å². The maximum atomic E-state index is 8.97. The molecule has 0 aliphatic heterocycles. The fraction of sp³-hybridized carbons (Fsp3) is 0.344. The van der Waals surface area contributed by atoms with Crippen LogP contribution in [0.5, 0.6) is 0 Å². The van der Waals surface area contributed by atoms with E-state index in [0.29, 0.717) is 11.5 Å². The van der Waals surface area contributed by atoms with E-state index in [4.69, 9.17) is 5.26 Å². The molecule has 176 valence electrons. The molecule has 0 radical (unpaired) electrons. The first-order valence-electron chi connectivity index (χ1n) is 12.6. The number of rotatable bonds is 13. The van der Waals surface area contributed by atoms with Crippen molar-refractivity contribution < 1.29 is 0 Å². The fourth-order valence-electron chi connectivity index (χ4n) is 4.38. The molecule has 0 aromatic heterocycles. The molecule has 0 bridgehead atoms. The first-order chi connectivity index (χ1) is 16.5. The van der Waals surface area contributed by atoms with Crippen molar-refractivity contribution >= 4 is 8.58 Å². The van der Waals surface area contributed by atoms with E-state index >= 15 is 0 Å². The molecule has 2 heteroatoms. The molecule has 0 saturated heterocycles. The number of allylic oxidation sites excluding steroid dienone is 6. The van der Waals surface area contributed by atoms with Crippen LogP contribution < -0.4 is 0 Å². The Hall–Kier alpha value is -2.68. The molecule has 0 N–H and O–H groups in total. The molecule has 2 aromatic rings. The number of unbranched alkanes of at least 4 members (excludes halogenated alkanes) is 4. The van der Waals surface area contributed by atoms with Gasteiger partial charge in [0.25, 0.3) is 0 Å². The highest BCUT2D eigenvalue weighted by Gasteiger charge is 2.13. The zero-order valence-corrected chi connectivity index (χ0v) is 21.7. The second-order valence-electron chi connectivity index (χ2n) is 9.43. The summed E-state index contributed by atoms with van der Waals surface area (Å²) < 4.78 is 0. The quantitative estimate of drug-likeness (QED) is 0.163. The van der Waals surface area contributed by atoms with Crippen molar-refractivity contribution in [3.05, 3.63) is 108 Å². The summed E-state index contributed by atoms with van der Waals surface area (Å²) in [5.74, 6) is 0.441. The van der Waals surface area contributed by atoms with E-state index in [9.17, 15) is 0 Å². The number of hydrogen-bond acceptors (Lipinski definition) is 1. The molecule has 0 heterocycles. The van der Waals surface area contributed by atoms with Gasteiger partial charge in [-0.25, -0.2) is 0 Å². The van der Waals surface area contributed by atoms with Crippen molar-refractivity contribution in [3.8, 4) is 17.2 Å². The molecule has 2 atom stereocenters. The third kappa shape index (κ3) is 8.59. The minimum atomic E-state index is 0.441. The summed E-state index contributed by atoms with van der Waals surface area (Å²) in [5.41, 5.74) is 7.10. The van der Waals surface area contributed by atoms with Crippen molar-refractivity contribution in [1.82, 2.24) is 0 Å². The van der Waals surface area contributed by atoms with Crippen LogP contribution in [0.25, 0.3) is 11.1 Å². The standard InChI is InChI=1S/C32H38NP/c1-25(2)34-22-8-6-4-5-7-9-27-10-16-30(17-11-27)26(3)23-28-12-18-31(19-13-28)32-20-14-29(24-33)15-21-32/h10-16,18-21,30,34H,1,3-9,17,22-23H2,2H3. The van der Waals surface area contributed by atoms with Gasteiger partial charge in [-0.15, -0.1) is 0 Å². The summed E-state index contributed by atoms with van der Waals surface area (Å²) in [6.07, 6.45) is 18.4. The van der Waals surface area contributed by atoms with Crippen molar-refractivity contribution in [2.75, 3.05) is 6.16 Å². The first kappa shape index (κ1) is 25.9. The van der Waals surface area contributed by atoms with Gasteiger partial charge in [0.15, 0.2) is 0 Å². The molecule has 1 aliphatic rings. The molecule has 2 unspecified atom stereocenters. The van der Waals surface area contributed by atoms with Crippen LogP contribution in [0.2, 0.25) is 0 Å². The van der Waals surface area contributed by atoms with Gasteiger partial charge in [0.05, 0.1) is 11.6 Å². The van der Waals surface area contributed by atoms with Crippen molar-refractivity contribution in [2.45, 2.75) is 58.3 Å². The third-order valence-electron chi connectivity index (χ3n) is 6.50. The smallest absolute Gasteiger partial charge is 0.0991 e. The second-order valence-corrected chi connectivity index (χ2v) is 11.1. The average molecular weight is 468 g/mol. The van der Waals surface area contributed by atoms with Crippen LogP contribution in [0.3, 0.4) is 0 Å². The molecule has 0 spiro atoms. The summed E-state index contributed by atoms with van der Waals surface area (Å²) in [6, 6.07) is 18.7. The third-order valence-corrected chi connectivity index (χ3v) is 7.71. The van der Waals surface area contributed by atoms with Crippen molar-refractivity contribution in [3.63, 3.8) is 0 Å². The highest BCUT2D eigenvalue weighted by atomic mass is 31.1. The van der Waals surface area contributed by atoms with E-state index in [1.165, 1.54) is 72.3 Å². The van der Waals surface area contributed by atoms with Crippen molar-refractivity contribution in [1.29, 1.82) is 5.26 Å². The van der Waals surface area contributed by atoms with E-state index in [0.717, 1.165) is 27.0 Å². The van der Waals surface area contributed by atoms with Crippen LogP contribution in [0.1, 0.15) is 63.0 Å². The molecule has 0 saturated carbocycles. The van der Waals surface area contributed by atoms with E-state index < -0.39 is 0 Å². The van der Waals surface area contributed by atoms with Crippen molar-refractivity contribution in [2.24, 2.45) is 5.92 Å². The van der Waals surface area contributed by atoms with Gasteiger partial charge in [-0.2, -0.15) is 5.26 Å². The molecule has 1 aliphatic carbocycles. The van der Waals surface area contributed by atoms with Gasteiger partial charge in [-0.3, -0.25) is 0 Å². The van der Waals surface area contributed by atoms with Gasteiger partial charge < -0.3 is 0 Å². The fourth-order valence-corrected chi connectivity index (χ4v) is 5.24. The van der Waals surface area contributed by atoms with Gasteiger partial charge >= 0.3 is 0 Å². The Balaban J connectivity index is 1.36. The summed E-state index contributed by atoms with van der Waals surface area (Å²) in [7, 11) is 0.954. The molecule has 0 fully saturated rings. The molecule has 1 nitrogen and oxygen atoms in total. The summed E-state index contributed by atoms with van der Waals surface area (Å²) >= 11 is 0. The normalized spacial score (nSPS) is 15.3. The second kappa shape index (κ2) is 13.9. The van der Waals surface area contributed by atoms with Crippen LogP contribution in [0.4, 0.5) is 0 Å². The Kier molecular flexibility index (Phi) is 10.6. The minimum absolute atomic E-state index is 0.441. The van der Waals surface area contributed by atoms with Gasteiger partial charge in [-0.05, 0) is 74.0 Å². The van der Waals surface area contributed by atoms with Gasteiger partial charge in [0.1, 0.15) is 0 Å². The zero-order valence-electron chi connectivity index (χ0n) is 20.7. The molecule has 3 rings (SSSR count). The summed E-state index contributed by atoms with van der Waals surface area (Å²) in [6.45, 7) is 10.5. The first-order valence-corrected chi connectivity index (χ1v) is 13.8. The Morgan fingerprint density at radius 1 is 0.941 bits per heavy atom. The SMILES string of the molecule is C=C(C)PCCCCCCCC1=CCC(C(=C)Cc2ccc(-c3ccc(C#N)cc3)cc2)C=C1. The molecule has 34 heavy (non-hydrogen) atoms. The molecule has 0 amide bonds. The Morgan fingerprint density at radius 3 is 2.21 bits per heavy atom. The number of hydrogen-bond donors (Lipinski definition) is 0. The highest BCUT2D eigenvalue weighted by molar-refractivity contribution is 7.42. The lowest BCUT2D eigenvalue weighted by molar-refractivity contribution is 0.631. The Morgan fingerprint density at radius 2 is 1.59 bits per heavy atom. The van der Waals surface area contributed by atoms with E-state index in [-0.39, 0.29) is 0 Å². The average Bonchev–Trinajstić information content (AvgIpc) is 2.86. The largest absolute Gasteiger partial charge is 0.192 e. The lowest BCUT2D eigenvalue weighted by Gasteiger charge is -2.19. The number of nitriles is 1. The molecular formula is C32H38NP. The maximum Gasteiger partial charge on any atom is 0.0991 e. The number of benzene rings is 2. The van der Waals surface area contributed by atoms with Crippen LogP contribution in [-0.4, -0.2) is 6.16 Å². The maximum absolute atomic E-state index is 8.97. The van der Waals surface area contributed by atoms with E-state index in [1.807, 2.05) is 24.3 Å². The molecule has 2 aromatic carbocycles. The van der Waals surface area contributed by atoms with Gasteiger partial charge in [0.2, 0.25) is 0 Å². The lowest BCUT2D eigenvalue weighted by atomic mass is 9.86. The number of nitrogens with zero attached hydrogens (tertiary/aromatic N) is 1. The minimum Gasteiger partial charge on any atom is -0.192 e. The van der Waals surface area contributed by atoms with Crippen LogP contribution in [0.15, 0.2) is 96.4 Å². The summed E-state index contributed by atoms with van der Waals surface area (Å²) in [4.78, 5) is 0. The van der Waals surface area contributed by atoms with Gasteiger partial charge in [0, 0.05) is 5.92 Å². The zero-order chi connectivity index (χ0) is 24.2. The topological polar surface area (TPSA) is 23.8 Å². The summed E-state index contributed by atoms with van der Waals surface area (Å²) in [5, 5.41) is 10.3. The lowest BCUT2D eigenvalue weighted by Crippen LogP contribution is -2.05. The van der Waals surface area contributed by atoms with Gasteiger partial charge in [-0.1, -0.05) is 112 Å².